The van der Waals surface area contributed by atoms with E-state index < -0.39 is 17.8 Å². The average Bonchev–Trinajstić information content (AvgIpc) is 2.03. The quantitative estimate of drug-likeness (QED) is 0.667. The number of hydrogen-bond donors (Lipinski definition) is 2. The molecule has 1 aromatic rings. The molecule has 0 bridgehead atoms. The third kappa shape index (κ3) is 1.79. The van der Waals surface area contributed by atoms with Gasteiger partial charge >= 0.3 is 0 Å². The van der Waals surface area contributed by atoms with E-state index in [0.29, 0.717) is 5.56 Å². The molecule has 3 nitrogen and oxygen atoms in total. The number of amides is 1. The second-order valence-electron chi connectivity index (χ2n) is 2.44. The molecule has 0 saturated carbocycles. The van der Waals surface area contributed by atoms with E-state index in [2.05, 4.69) is 0 Å². The Bertz CT molecular complexity index is 301. The lowest BCUT2D eigenvalue weighted by Gasteiger charge is -2.06. The maximum absolute atomic E-state index is 12.6. The minimum atomic E-state index is -0.930. The van der Waals surface area contributed by atoms with Crippen LogP contribution in [0.4, 0.5) is 4.39 Å². The molecule has 12 heavy (non-hydrogen) atoms. The number of benzene rings is 1. The van der Waals surface area contributed by atoms with Crippen molar-refractivity contribution in [3.8, 4) is 0 Å². The molecule has 4 N–H and O–H groups in total. The Balaban J connectivity index is 2.95. The summed E-state index contributed by atoms with van der Waals surface area (Å²) < 4.78 is 12.6. The second-order valence-corrected chi connectivity index (χ2v) is 2.44. The van der Waals surface area contributed by atoms with Crippen molar-refractivity contribution in [3.05, 3.63) is 35.6 Å². The molecule has 0 radical (unpaired) electrons. The molecule has 0 heterocycles. The molecular weight excluding hydrogens is 159 g/mol. The zero-order valence-electron chi connectivity index (χ0n) is 6.33. The van der Waals surface area contributed by atoms with Crippen molar-refractivity contribution in [1.29, 1.82) is 0 Å². The maximum Gasteiger partial charge on any atom is 0.238 e. The van der Waals surface area contributed by atoms with Crippen LogP contribution in [0.25, 0.3) is 0 Å². The van der Waals surface area contributed by atoms with Gasteiger partial charge in [-0.25, -0.2) is 4.39 Å². The van der Waals surface area contributed by atoms with Crippen LogP contribution < -0.4 is 11.5 Å². The van der Waals surface area contributed by atoms with E-state index in [1.807, 2.05) is 0 Å². The van der Waals surface area contributed by atoms with E-state index in [4.69, 9.17) is 11.5 Å². The first kappa shape index (κ1) is 8.67. The Labute approximate surface area is 69.2 Å². The lowest BCUT2D eigenvalue weighted by Crippen LogP contribution is -2.28. The lowest BCUT2D eigenvalue weighted by atomic mass is 10.1. The van der Waals surface area contributed by atoms with Crippen LogP contribution in [-0.4, -0.2) is 5.91 Å². The normalized spacial score (nSPS) is 12.5. The van der Waals surface area contributed by atoms with E-state index in [-0.39, 0.29) is 0 Å². The van der Waals surface area contributed by atoms with Crippen molar-refractivity contribution in [2.24, 2.45) is 11.5 Å². The van der Waals surface area contributed by atoms with Gasteiger partial charge in [-0.05, 0) is 17.7 Å². The zero-order chi connectivity index (χ0) is 9.14. The Morgan fingerprint density at radius 3 is 2.67 bits per heavy atom. The molecular formula is C8H9FN2O. The zero-order valence-corrected chi connectivity index (χ0v) is 6.33. The molecule has 0 fully saturated rings. The van der Waals surface area contributed by atoms with Gasteiger partial charge in [0.05, 0.1) is 0 Å². The average molecular weight is 168 g/mol. The predicted octanol–water partition coefficient (Wildman–Crippen LogP) is 0.311. The summed E-state index contributed by atoms with van der Waals surface area (Å²) in [5, 5.41) is 0. The van der Waals surface area contributed by atoms with E-state index >= 15 is 0 Å². The third-order valence-corrected chi connectivity index (χ3v) is 1.51. The second kappa shape index (κ2) is 3.32. The molecule has 0 saturated heterocycles. The smallest absolute Gasteiger partial charge is 0.238 e. The highest BCUT2D eigenvalue weighted by Crippen LogP contribution is 2.10. The van der Waals surface area contributed by atoms with Crippen LogP contribution in [0, 0.1) is 5.82 Å². The molecule has 4 heteroatoms. The van der Waals surface area contributed by atoms with Crippen LogP contribution in [0.2, 0.25) is 0 Å². The fourth-order valence-electron chi connectivity index (χ4n) is 0.864. The highest BCUT2D eigenvalue weighted by Gasteiger charge is 2.11. The number of nitrogens with two attached hydrogens (primary N) is 2. The number of halogens is 1. The van der Waals surface area contributed by atoms with Gasteiger partial charge in [0, 0.05) is 0 Å². The van der Waals surface area contributed by atoms with Gasteiger partial charge in [0.25, 0.3) is 0 Å². The fraction of sp³-hybridized carbons (Fsp3) is 0.125. The lowest BCUT2D eigenvalue weighted by molar-refractivity contribution is -0.119. The minimum Gasteiger partial charge on any atom is -0.368 e. The van der Waals surface area contributed by atoms with Crippen LogP contribution >= 0.6 is 0 Å². The first-order valence-corrected chi connectivity index (χ1v) is 3.41. The first-order chi connectivity index (χ1) is 5.61. The summed E-state index contributed by atoms with van der Waals surface area (Å²) in [7, 11) is 0. The summed E-state index contributed by atoms with van der Waals surface area (Å²) in [5.74, 6) is -1.09. The molecule has 0 spiro atoms. The van der Waals surface area contributed by atoms with Gasteiger partial charge in [0.15, 0.2) is 0 Å². The Morgan fingerprint density at radius 2 is 2.17 bits per heavy atom. The van der Waals surface area contributed by atoms with Crippen molar-refractivity contribution in [1.82, 2.24) is 0 Å². The SMILES string of the molecule is NC(=O)C(N)c1cccc(F)c1. The highest BCUT2D eigenvalue weighted by molar-refractivity contribution is 5.81. The number of primary amides is 1. The summed E-state index contributed by atoms with van der Waals surface area (Å²) in [6.07, 6.45) is 0. The molecule has 1 rings (SSSR count). The Morgan fingerprint density at radius 1 is 1.50 bits per heavy atom. The van der Waals surface area contributed by atoms with E-state index in [9.17, 15) is 9.18 Å². The summed E-state index contributed by atoms with van der Waals surface area (Å²) in [5.41, 5.74) is 10.7. The van der Waals surface area contributed by atoms with Gasteiger partial charge in [-0.1, -0.05) is 12.1 Å². The van der Waals surface area contributed by atoms with Crippen molar-refractivity contribution in [2.75, 3.05) is 0 Å². The molecule has 1 unspecified atom stereocenters. The maximum atomic E-state index is 12.6. The van der Waals surface area contributed by atoms with E-state index in [0.717, 1.165) is 0 Å². The molecule has 1 atom stereocenters. The number of carbonyl (C=O) groups is 1. The molecule has 0 aliphatic rings. The number of hydrogen-bond acceptors (Lipinski definition) is 2. The topological polar surface area (TPSA) is 69.1 Å². The fourth-order valence-corrected chi connectivity index (χ4v) is 0.864. The molecule has 0 aliphatic heterocycles. The molecule has 1 aromatic carbocycles. The van der Waals surface area contributed by atoms with Crippen molar-refractivity contribution in [3.63, 3.8) is 0 Å². The van der Waals surface area contributed by atoms with E-state index in [1.54, 1.807) is 6.07 Å². The van der Waals surface area contributed by atoms with Gasteiger partial charge in [-0.2, -0.15) is 0 Å². The summed E-state index contributed by atoms with van der Waals surface area (Å²) in [6, 6.07) is 4.57. The van der Waals surface area contributed by atoms with Crippen molar-refractivity contribution in [2.45, 2.75) is 6.04 Å². The van der Waals surface area contributed by atoms with Gasteiger partial charge in [0.2, 0.25) is 5.91 Å². The van der Waals surface area contributed by atoms with E-state index in [1.165, 1.54) is 18.2 Å². The Hall–Kier alpha value is -1.42. The van der Waals surface area contributed by atoms with Crippen LogP contribution in [0.15, 0.2) is 24.3 Å². The van der Waals surface area contributed by atoms with Gasteiger partial charge in [-0.15, -0.1) is 0 Å². The third-order valence-electron chi connectivity index (χ3n) is 1.51. The Kier molecular flexibility index (Phi) is 2.40. The molecule has 0 aliphatic carbocycles. The standard InChI is InChI=1S/C8H9FN2O/c9-6-3-1-2-5(4-6)7(10)8(11)12/h1-4,7H,10H2,(H2,11,12). The van der Waals surface area contributed by atoms with Crippen molar-refractivity contribution < 1.29 is 9.18 Å². The monoisotopic (exact) mass is 168 g/mol. The number of rotatable bonds is 2. The highest BCUT2D eigenvalue weighted by atomic mass is 19.1. The van der Waals surface area contributed by atoms with Gasteiger partial charge < -0.3 is 11.5 Å². The first-order valence-electron chi connectivity index (χ1n) is 3.41. The van der Waals surface area contributed by atoms with Crippen LogP contribution in [0.1, 0.15) is 11.6 Å². The van der Waals surface area contributed by atoms with Crippen LogP contribution in [0.5, 0.6) is 0 Å². The van der Waals surface area contributed by atoms with Crippen LogP contribution in [-0.2, 0) is 4.79 Å². The van der Waals surface area contributed by atoms with Gasteiger partial charge in [0.1, 0.15) is 11.9 Å². The molecule has 0 aromatic heterocycles. The molecule has 1 amide bonds. The largest absolute Gasteiger partial charge is 0.368 e. The molecule has 64 valence electrons. The van der Waals surface area contributed by atoms with Gasteiger partial charge in [-0.3, -0.25) is 4.79 Å². The number of carbonyl (C=O) groups excluding carboxylic acids is 1. The predicted molar refractivity (Wildman–Crippen MR) is 42.5 cm³/mol. The van der Waals surface area contributed by atoms with Crippen molar-refractivity contribution >= 4 is 5.91 Å². The summed E-state index contributed by atoms with van der Waals surface area (Å²) in [6.45, 7) is 0. The van der Waals surface area contributed by atoms with Crippen LogP contribution in [0.3, 0.4) is 0 Å². The summed E-state index contributed by atoms with van der Waals surface area (Å²) in [4.78, 5) is 10.6. The summed E-state index contributed by atoms with van der Waals surface area (Å²) >= 11 is 0. The minimum absolute atomic E-state index is 0.391.